The molecule has 28 heavy (non-hydrogen) atoms. The lowest BCUT2D eigenvalue weighted by Gasteiger charge is -2.16. The second kappa shape index (κ2) is 7.98. The van der Waals surface area contributed by atoms with Gasteiger partial charge in [-0.2, -0.15) is 0 Å². The van der Waals surface area contributed by atoms with Crippen LogP contribution in [0.2, 0.25) is 5.02 Å². The summed E-state index contributed by atoms with van der Waals surface area (Å²) in [5.41, 5.74) is 1.33. The van der Waals surface area contributed by atoms with Gasteiger partial charge < -0.3 is 4.90 Å². The maximum atomic E-state index is 12.4. The van der Waals surface area contributed by atoms with Crippen molar-refractivity contribution in [2.75, 3.05) is 16.8 Å². The van der Waals surface area contributed by atoms with E-state index in [1.807, 2.05) is 18.2 Å². The molecule has 1 atom stereocenters. The van der Waals surface area contributed by atoms with Crippen LogP contribution >= 0.6 is 38.9 Å². The number of nitrogens with zero attached hydrogens (tertiary/aromatic N) is 3. The highest BCUT2D eigenvalue weighted by atomic mass is 79.9. The molecular weight excluding hydrogens is 464 g/mol. The summed E-state index contributed by atoms with van der Waals surface area (Å²) >= 11 is 10.6. The topological polar surface area (TPSA) is 75.2 Å². The molecule has 3 aromatic rings. The molecule has 2 amide bonds. The summed E-state index contributed by atoms with van der Waals surface area (Å²) in [5.74, 6) is -0.295. The van der Waals surface area contributed by atoms with Gasteiger partial charge in [-0.25, -0.2) is 0 Å². The maximum absolute atomic E-state index is 12.4. The van der Waals surface area contributed by atoms with E-state index < -0.39 is 0 Å². The first-order valence-electron chi connectivity index (χ1n) is 8.46. The summed E-state index contributed by atoms with van der Waals surface area (Å²) in [7, 11) is 0. The number of nitrogens with one attached hydrogen (secondary N) is 1. The third kappa shape index (κ3) is 3.94. The average molecular weight is 478 g/mol. The number of rotatable bonds is 4. The number of aromatic nitrogens is 2. The number of halogens is 2. The highest BCUT2D eigenvalue weighted by Gasteiger charge is 2.34. The fourth-order valence-electron chi connectivity index (χ4n) is 3.00. The van der Waals surface area contributed by atoms with Crippen LogP contribution in [0.4, 0.5) is 10.8 Å². The van der Waals surface area contributed by atoms with Crippen LogP contribution in [0.25, 0.3) is 0 Å². The largest absolute Gasteiger partial charge is 0.312 e. The third-order valence-corrected chi connectivity index (χ3v) is 6.34. The van der Waals surface area contributed by atoms with Crippen LogP contribution in [0.5, 0.6) is 0 Å². The normalized spacial score (nSPS) is 16.4. The van der Waals surface area contributed by atoms with Gasteiger partial charge in [0, 0.05) is 34.1 Å². The van der Waals surface area contributed by atoms with Crippen molar-refractivity contribution in [2.24, 2.45) is 0 Å². The fourth-order valence-corrected chi connectivity index (χ4v) is 4.42. The Bertz CT molecular complexity index is 1040. The van der Waals surface area contributed by atoms with Crippen LogP contribution in [-0.2, 0) is 4.79 Å². The van der Waals surface area contributed by atoms with Crippen molar-refractivity contribution in [3.05, 3.63) is 68.6 Å². The highest BCUT2D eigenvalue weighted by Crippen LogP contribution is 2.34. The molecule has 1 unspecified atom stereocenters. The Morgan fingerprint density at radius 1 is 1.18 bits per heavy atom. The second-order valence-electron chi connectivity index (χ2n) is 6.26. The third-order valence-electron chi connectivity index (χ3n) is 4.39. The first kappa shape index (κ1) is 19.0. The van der Waals surface area contributed by atoms with Crippen molar-refractivity contribution in [1.82, 2.24) is 10.2 Å². The van der Waals surface area contributed by atoms with Crippen molar-refractivity contribution in [1.29, 1.82) is 0 Å². The molecule has 0 bridgehead atoms. The van der Waals surface area contributed by atoms with Gasteiger partial charge in [0.25, 0.3) is 5.91 Å². The molecule has 1 aliphatic heterocycles. The molecule has 1 saturated heterocycles. The van der Waals surface area contributed by atoms with E-state index in [4.69, 9.17) is 11.6 Å². The summed E-state index contributed by atoms with van der Waals surface area (Å²) in [5, 5.41) is 12.8. The Morgan fingerprint density at radius 2 is 1.93 bits per heavy atom. The molecule has 4 rings (SSSR count). The average Bonchev–Trinajstić information content (AvgIpc) is 3.29. The summed E-state index contributed by atoms with van der Waals surface area (Å²) in [6, 6.07) is 14.3. The molecule has 142 valence electrons. The predicted molar refractivity (Wildman–Crippen MR) is 113 cm³/mol. The Balaban J connectivity index is 1.46. The van der Waals surface area contributed by atoms with Gasteiger partial charge in [0.1, 0.15) is 5.01 Å². The monoisotopic (exact) mass is 476 g/mol. The van der Waals surface area contributed by atoms with Gasteiger partial charge in [0.2, 0.25) is 11.0 Å². The SMILES string of the molecule is O=C(Nc1nnc(C2CC(=O)N(c3ccc(Cl)cc3)C2)s1)c1ccccc1Br. The second-order valence-corrected chi connectivity index (χ2v) is 8.56. The van der Waals surface area contributed by atoms with Crippen molar-refractivity contribution < 1.29 is 9.59 Å². The Morgan fingerprint density at radius 3 is 2.68 bits per heavy atom. The molecule has 0 aliphatic carbocycles. The van der Waals surface area contributed by atoms with Crippen molar-refractivity contribution >= 4 is 61.5 Å². The van der Waals surface area contributed by atoms with Gasteiger partial charge in [-0.15, -0.1) is 10.2 Å². The van der Waals surface area contributed by atoms with Crippen LogP contribution in [0.1, 0.15) is 27.7 Å². The number of hydrogen-bond donors (Lipinski definition) is 1. The Kier molecular flexibility index (Phi) is 5.43. The lowest BCUT2D eigenvalue weighted by Crippen LogP contribution is -2.24. The van der Waals surface area contributed by atoms with Crippen molar-refractivity contribution in [3.63, 3.8) is 0 Å². The molecule has 2 heterocycles. The van der Waals surface area contributed by atoms with Crippen LogP contribution in [0.3, 0.4) is 0 Å². The van der Waals surface area contributed by atoms with Gasteiger partial charge >= 0.3 is 0 Å². The van der Waals surface area contributed by atoms with E-state index in [0.717, 1.165) is 10.7 Å². The number of carbonyl (C=O) groups excluding carboxylic acids is 2. The molecule has 6 nitrogen and oxygen atoms in total. The van der Waals surface area contributed by atoms with E-state index >= 15 is 0 Å². The van der Waals surface area contributed by atoms with Gasteiger partial charge in [0.05, 0.1) is 5.56 Å². The van der Waals surface area contributed by atoms with Crippen molar-refractivity contribution in [2.45, 2.75) is 12.3 Å². The molecule has 0 saturated carbocycles. The standard InChI is InChI=1S/C19H14BrClN4O2S/c20-15-4-2-1-3-14(15)17(27)22-19-24-23-18(28-19)11-9-16(26)25(10-11)13-7-5-12(21)6-8-13/h1-8,11H,9-10H2,(H,22,24,27). The lowest BCUT2D eigenvalue weighted by atomic mass is 10.1. The molecule has 0 spiro atoms. The van der Waals surface area contributed by atoms with E-state index in [1.54, 1.807) is 35.2 Å². The van der Waals surface area contributed by atoms with Gasteiger partial charge in [-0.05, 0) is 52.3 Å². The summed E-state index contributed by atoms with van der Waals surface area (Å²) in [6.07, 6.45) is 0.357. The van der Waals surface area contributed by atoms with Crippen LogP contribution in [0.15, 0.2) is 53.0 Å². The molecule has 2 aromatic carbocycles. The summed E-state index contributed by atoms with van der Waals surface area (Å²) in [6.45, 7) is 0.521. The van der Waals surface area contributed by atoms with Crippen LogP contribution in [0, 0.1) is 0 Å². The van der Waals surface area contributed by atoms with E-state index in [-0.39, 0.29) is 17.7 Å². The number of hydrogen-bond acceptors (Lipinski definition) is 5. The molecule has 1 fully saturated rings. The zero-order valence-corrected chi connectivity index (χ0v) is 17.6. The van der Waals surface area contributed by atoms with E-state index in [0.29, 0.717) is 33.2 Å². The van der Waals surface area contributed by atoms with Gasteiger partial charge in [0.15, 0.2) is 0 Å². The number of amides is 2. The molecule has 0 radical (unpaired) electrons. The van der Waals surface area contributed by atoms with E-state index in [9.17, 15) is 9.59 Å². The van der Waals surface area contributed by atoms with Gasteiger partial charge in [-0.3, -0.25) is 14.9 Å². The molecule has 9 heteroatoms. The number of carbonyl (C=O) groups is 2. The molecular formula is C19H14BrClN4O2S. The molecule has 1 N–H and O–H groups in total. The molecule has 1 aromatic heterocycles. The number of benzene rings is 2. The molecule has 1 aliphatic rings. The van der Waals surface area contributed by atoms with Crippen molar-refractivity contribution in [3.8, 4) is 0 Å². The first-order valence-corrected chi connectivity index (χ1v) is 10.5. The zero-order valence-electron chi connectivity index (χ0n) is 14.4. The number of anilines is 2. The van der Waals surface area contributed by atoms with Gasteiger partial charge in [-0.1, -0.05) is 35.1 Å². The lowest BCUT2D eigenvalue weighted by molar-refractivity contribution is -0.117. The van der Waals surface area contributed by atoms with Crippen LogP contribution < -0.4 is 10.2 Å². The minimum absolute atomic E-state index is 0.0290. The quantitative estimate of drug-likeness (QED) is 0.590. The van der Waals surface area contributed by atoms with Crippen LogP contribution in [-0.4, -0.2) is 28.6 Å². The smallest absolute Gasteiger partial charge is 0.258 e. The maximum Gasteiger partial charge on any atom is 0.258 e. The first-order chi connectivity index (χ1) is 13.5. The Labute approximate surface area is 178 Å². The Hall–Kier alpha value is -2.29. The zero-order chi connectivity index (χ0) is 19.7. The minimum atomic E-state index is -0.263. The van der Waals surface area contributed by atoms with E-state index in [2.05, 4.69) is 31.4 Å². The summed E-state index contributed by atoms with van der Waals surface area (Å²) < 4.78 is 0.706. The highest BCUT2D eigenvalue weighted by molar-refractivity contribution is 9.10. The van der Waals surface area contributed by atoms with E-state index in [1.165, 1.54) is 11.3 Å². The fraction of sp³-hybridized carbons (Fsp3) is 0.158. The minimum Gasteiger partial charge on any atom is -0.312 e. The predicted octanol–water partition coefficient (Wildman–Crippen LogP) is 4.73. The summed E-state index contributed by atoms with van der Waals surface area (Å²) in [4.78, 5) is 26.6.